The molecule has 1 aromatic heterocycles. The van der Waals surface area contributed by atoms with Crippen LogP contribution < -0.4 is 14.2 Å². The summed E-state index contributed by atoms with van der Waals surface area (Å²) in [5.74, 6) is 1.52. The van der Waals surface area contributed by atoms with Crippen LogP contribution in [0.5, 0.6) is 17.2 Å². The Hall–Kier alpha value is -3.62. The Balaban J connectivity index is 1.55. The number of likely N-dealkylation sites (tertiary alicyclic amines) is 1. The van der Waals surface area contributed by atoms with Gasteiger partial charge in [0.25, 0.3) is 5.91 Å². The highest BCUT2D eigenvalue weighted by Gasteiger charge is 2.29. The average Bonchev–Trinajstić information content (AvgIpc) is 3.33. The van der Waals surface area contributed by atoms with E-state index in [1.54, 1.807) is 23.1 Å². The van der Waals surface area contributed by atoms with Crippen molar-refractivity contribution in [1.29, 1.82) is 0 Å². The van der Waals surface area contributed by atoms with Crippen LogP contribution in [0.3, 0.4) is 0 Å². The fraction of sp³-hybridized carbons (Fsp3) is 0.348. The number of carbonyl (C=O) groups excluding carboxylic acids is 1. The minimum atomic E-state index is -0.434. The van der Waals surface area contributed by atoms with Crippen LogP contribution in [-0.2, 0) is 0 Å². The maximum absolute atomic E-state index is 13.5. The second-order valence-corrected chi connectivity index (χ2v) is 7.47. The Bertz CT molecular complexity index is 1090. The highest BCUT2D eigenvalue weighted by Crippen LogP contribution is 2.41. The molecule has 0 radical (unpaired) electrons. The molecule has 1 amide bonds. The normalized spacial score (nSPS) is 16.0. The number of ether oxygens (including phenoxy) is 3. The molecule has 32 heavy (non-hydrogen) atoms. The van der Waals surface area contributed by atoms with E-state index >= 15 is 0 Å². The first-order valence-electron chi connectivity index (χ1n) is 10.2. The Morgan fingerprint density at radius 3 is 2.53 bits per heavy atom. The minimum Gasteiger partial charge on any atom is -0.493 e. The first-order chi connectivity index (χ1) is 15.5. The zero-order valence-electron chi connectivity index (χ0n) is 18.1. The number of piperidine rings is 1. The lowest BCUT2D eigenvalue weighted by Gasteiger charge is -2.31. The second kappa shape index (κ2) is 9.25. The predicted molar refractivity (Wildman–Crippen MR) is 114 cm³/mol. The molecule has 1 fully saturated rings. The van der Waals surface area contributed by atoms with E-state index in [9.17, 15) is 9.18 Å². The summed E-state index contributed by atoms with van der Waals surface area (Å²) in [5.41, 5.74) is 0.979. The van der Waals surface area contributed by atoms with E-state index in [4.69, 9.17) is 18.7 Å². The Kier molecular flexibility index (Phi) is 6.25. The number of aromatic nitrogens is 2. The third-order valence-corrected chi connectivity index (χ3v) is 5.49. The molecular formula is C23H24FN3O5. The van der Waals surface area contributed by atoms with E-state index < -0.39 is 5.82 Å². The number of carbonyl (C=O) groups is 1. The number of benzene rings is 2. The molecule has 1 aliphatic heterocycles. The van der Waals surface area contributed by atoms with Gasteiger partial charge in [-0.15, -0.1) is 0 Å². The van der Waals surface area contributed by atoms with Crippen LogP contribution in [0.25, 0.3) is 11.4 Å². The largest absolute Gasteiger partial charge is 0.493 e. The van der Waals surface area contributed by atoms with Gasteiger partial charge in [0, 0.05) is 24.2 Å². The van der Waals surface area contributed by atoms with Gasteiger partial charge in [0.1, 0.15) is 5.82 Å². The summed E-state index contributed by atoms with van der Waals surface area (Å²) >= 11 is 0. The van der Waals surface area contributed by atoms with Crippen LogP contribution in [0.2, 0.25) is 0 Å². The summed E-state index contributed by atoms with van der Waals surface area (Å²) in [5, 5.41) is 4.12. The lowest BCUT2D eigenvalue weighted by atomic mass is 9.97. The molecule has 0 aliphatic carbocycles. The minimum absolute atomic E-state index is 0.107. The molecule has 8 nitrogen and oxygen atoms in total. The molecule has 9 heteroatoms. The highest BCUT2D eigenvalue weighted by molar-refractivity contribution is 5.94. The number of amides is 1. The van der Waals surface area contributed by atoms with Crippen LogP contribution >= 0.6 is 0 Å². The lowest BCUT2D eigenvalue weighted by Crippen LogP contribution is -2.39. The topological polar surface area (TPSA) is 86.9 Å². The molecule has 0 unspecified atom stereocenters. The molecule has 1 atom stereocenters. The quantitative estimate of drug-likeness (QED) is 0.573. The molecule has 2 heterocycles. The first kappa shape index (κ1) is 21.6. The molecule has 0 saturated carbocycles. The van der Waals surface area contributed by atoms with Crippen LogP contribution in [0.4, 0.5) is 4.39 Å². The zero-order chi connectivity index (χ0) is 22.7. The monoisotopic (exact) mass is 441 g/mol. The van der Waals surface area contributed by atoms with Gasteiger partial charge in [-0.05, 0) is 43.2 Å². The van der Waals surface area contributed by atoms with Gasteiger partial charge in [0.15, 0.2) is 11.5 Å². The van der Waals surface area contributed by atoms with Crippen molar-refractivity contribution >= 4 is 5.91 Å². The fourth-order valence-electron chi connectivity index (χ4n) is 3.90. The van der Waals surface area contributed by atoms with E-state index in [-0.39, 0.29) is 11.8 Å². The van der Waals surface area contributed by atoms with Crippen LogP contribution in [-0.4, -0.2) is 55.4 Å². The van der Waals surface area contributed by atoms with E-state index in [1.165, 1.54) is 39.5 Å². The first-order valence-corrected chi connectivity index (χ1v) is 10.2. The van der Waals surface area contributed by atoms with Crippen molar-refractivity contribution in [3.8, 4) is 28.6 Å². The van der Waals surface area contributed by atoms with Crippen LogP contribution in [0.15, 0.2) is 40.9 Å². The van der Waals surface area contributed by atoms with Crippen molar-refractivity contribution in [3.63, 3.8) is 0 Å². The third kappa shape index (κ3) is 4.23. The summed E-state index contributed by atoms with van der Waals surface area (Å²) in [6.45, 7) is 1.02. The molecule has 0 N–H and O–H groups in total. The van der Waals surface area contributed by atoms with Crippen molar-refractivity contribution in [2.45, 2.75) is 18.8 Å². The van der Waals surface area contributed by atoms with E-state index in [1.807, 2.05) is 0 Å². The van der Waals surface area contributed by atoms with Gasteiger partial charge in [-0.25, -0.2) is 4.39 Å². The van der Waals surface area contributed by atoms with E-state index in [0.717, 1.165) is 12.8 Å². The summed E-state index contributed by atoms with van der Waals surface area (Å²) in [6, 6.07) is 9.21. The lowest BCUT2D eigenvalue weighted by molar-refractivity contribution is 0.0695. The highest BCUT2D eigenvalue weighted by atomic mass is 19.1. The number of halogens is 1. The van der Waals surface area contributed by atoms with Gasteiger partial charge >= 0.3 is 0 Å². The molecule has 3 aromatic rings. The second-order valence-electron chi connectivity index (χ2n) is 7.47. The van der Waals surface area contributed by atoms with E-state index in [2.05, 4.69) is 10.1 Å². The smallest absolute Gasteiger partial charge is 0.253 e. The van der Waals surface area contributed by atoms with Gasteiger partial charge in [-0.1, -0.05) is 11.2 Å². The van der Waals surface area contributed by atoms with Crippen LogP contribution in [0.1, 0.15) is 35.0 Å². The van der Waals surface area contributed by atoms with Gasteiger partial charge < -0.3 is 23.6 Å². The summed E-state index contributed by atoms with van der Waals surface area (Å²) in [4.78, 5) is 19.1. The van der Waals surface area contributed by atoms with Crippen molar-refractivity contribution in [2.75, 3.05) is 34.4 Å². The predicted octanol–water partition coefficient (Wildman–Crippen LogP) is 3.92. The molecule has 2 aromatic carbocycles. The average molecular weight is 441 g/mol. The number of nitrogens with zero attached hydrogens (tertiary/aromatic N) is 3. The fourth-order valence-corrected chi connectivity index (χ4v) is 3.90. The van der Waals surface area contributed by atoms with Crippen molar-refractivity contribution in [3.05, 3.63) is 53.7 Å². The molecule has 168 valence electrons. The molecule has 1 aliphatic rings. The van der Waals surface area contributed by atoms with Crippen LogP contribution in [0, 0.1) is 5.82 Å². The van der Waals surface area contributed by atoms with Crippen molar-refractivity contribution < 1.29 is 27.9 Å². The third-order valence-electron chi connectivity index (χ3n) is 5.49. The summed E-state index contributed by atoms with van der Waals surface area (Å²) in [7, 11) is 4.61. The van der Waals surface area contributed by atoms with Gasteiger partial charge in [0.2, 0.25) is 17.5 Å². The Labute approximate surface area is 184 Å². The number of methoxy groups -OCH3 is 3. The van der Waals surface area contributed by atoms with Gasteiger partial charge in [0.05, 0.1) is 27.2 Å². The Morgan fingerprint density at radius 2 is 1.88 bits per heavy atom. The van der Waals surface area contributed by atoms with E-state index in [0.29, 0.717) is 53.2 Å². The number of rotatable bonds is 6. The zero-order valence-corrected chi connectivity index (χ0v) is 18.1. The molecule has 0 bridgehead atoms. The molecule has 0 spiro atoms. The SMILES string of the molecule is COc1cc(-c2noc([C@@H]3CCCN(C(=O)c4cccc(F)c4)C3)n2)cc(OC)c1OC. The summed E-state index contributed by atoms with van der Waals surface area (Å²) < 4.78 is 35.2. The molecule has 4 rings (SSSR count). The molecular weight excluding hydrogens is 417 g/mol. The molecule has 1 saturated heterocycles. The van der Waals surface area contributed by atoms with Gasteiger partial charge in [-0.3, -0.25) is 4.79 Å². The maximum Gasteiger partial charge on any atom is 0.253 e. The summed E-state index contributed by atoms with van der Waals surface area (Å²) in [6.07, 6.45) is 1.59. The number of hydrogen-bond acceptors (Lipinski definition) is 7. The maximum atomic E-state index is 13.5. The van der Waals surface area contributed by atoms with Crippen molar-refractivity contribution in [2.24, 2.45) is 0 Å². The standard InChI is InChI=1S/C23H24FN3O5/c1-29-18-11-16(12-19(30-2)20(18)31-3)21-25-22(32-26-21)15-7-5-9-27(13-15)23(28)14-6-4-8-17(24)10-14/h4,6,8,10-12,15H,5,7,9,13H2,1-3H3/t15-/m1/s1. The Morgan fingerprint density at radius 1 is 1.12 bits per heavy atom. The number of hydrogen-bond donors (Lipinski definition) is 0. The van der Waals surface area contributed by atoms with Crippen molar-refractivity contribution in [1.82, 2.24) is 15.0 Å². The van der Waals surface area contributed by atoms with Gasteiger partial charge in [-0.2, -0.15) is 4.98 Å².